The molecule has 0 radical (unpaired) electrons. The Balaban J connectivity index is 1.72. The van der Waals surface area contributed by atoms with E-state index < -0.39 is 10.0 Å². The summed E-state index contributed by atoms with van der Waals surface area (Å²) in [5.41, 5.74) is 6.70. The molecule has 2 aromatic heterocycles. The molecule has 0 unspecified atom stereocenters. The molecule has 174 valence electrons. The molecule has 34 heavy (non-hydrogen) atoms. The summed E-state index contributed by atoms with van der Waals surface area (Å²) in [5.74, 6) is 1.05. The number of pyridine rings is 1. The van der Waals surface area contributed by atoms with Crippen LogP contribution in [0.2, 0.25) is 0 Å². The van der Waals surface area contributed by atoms with Gasteiger partial charge in [0.05, 0.1) is 22.3 Å². The van der Waals surface area contributed by atoms with Crippen LogP contribution >= 0.6 is 0 Å². The number of benzene rings is 2. The normalized spacial score (nSPS) is 13.9. The smallest absolute Gasteiger partial charge is 0.235 e. The number of aryl methyl sites for hydroxylation is 1. The van der Waals surface area contributed by atoms with E-state index in [1.54, 1.807) is 0 Å². The van der Waals surface area contributed by atoms with Crippen LogP contribution in [0, 0.1) is 6.92 Å². The number of sulfonamides is 1. The highest BCUT2D eigenvalue weighted by Gasteiger charge is 2.35. The first-order valence-electron chi connectivity index (χ1n) is 11.6. The molecule has 1 saturated carbocycles. The van der Waals surface area contributed by atoms with Crippen LogP contribution in [0.3, 0.4) is 0 Å². The molecule has 2 N–H and O–H groups in total. The van der Waals surface area contributed by atoms with Crippen LogP contribution in [0.25, 0.3) is 33.8 Å². The fraction of sp³-hybridized carbons (Fsp3) is 0.259. The van der Waals surface area contributed by atoms with E-state index in [1.165, 1.54) is 0 Å². The number of hydrogen-bond donors (Lipinski definition) is 2. The van der Waals surface area contributed by atoms with Gasteiger partial charge in [-0.3, -0.25) is 9.71 Å². The highest BCUT2D eigenvalue weighted by molar-refractivity contribution is 7.93. The number of hydrogen-bond acceptors (Lipinski definition) is 4. The van der Waals surface area contributed by atoms with Crippen LogP contribution in [-0.4, -0.2) is 28.6 Å². The third-order valence-corrected chi connectivity index (χ3v) is 7.87. The van der Waals surface area contributed by atoms with E-state index in [9.17, 15) is 8.42 Å². The van der Waals surface area contributed by atoms with E-state index in [1.807, 2.05) is 73.7 Å². The van der Waals surface area contributed by atoms with Crippen molar-refractivity contribution in [3.8, 4) is 33.8 Å². The lowest BCUT2D eigenvalue weighted by atomic mass is 9.95. The number of H-pyrrole nitrogens is 1. The maximum atomic E-state index is 12.6. The lowest BCUT2D eigenvalue weighted by molar-refractivity contribution is 0.600. The van der Waals surface area contributed by atoms with Crippen LogP contribution < -0.4 is 4.72 Å². The Labute approximate surface area is 200 Å². The van der Waals surface area contributed by atoms with Gasteiger partial charge in [-0.15, -0.1) is 0 Å². The number of imidazole rings is 1. The van der Waals surface area contributed by atoms with Crippen molar-refractivity contribution >= 4 is 15.7 Å². The van der Waals surface area contributed by atoms with Crippen molar-refractivity contribution in [2.75, 3.05) is 4.72 Å². The minimum atomic E-state index is -3.38. The Kier molecular flexibility index (Phi) is 5.73. The van der Waals surface area contributed by atoms with Gasteiger partial charge in [-0.2, -0.15) is 0 Å². The second-order valence-corrected chi connectivity index (χ2v) is 11.1. The average molecular weight is 473 g/mol. The van der Waals surface area contributed by atoms with E-state index in [2.05, 4.69) is 23.6 Å². The Morgan fingerprint density at radius 1 is 0.941 bits per heavy atom. The molecule has 0 bridgehead atoms. The number of nitrogens with zero attached hydrogens (tertiary/aromatic N) is 2. The first-order valence-corrected chi connectivity index (χ1v) is 13.1. The van der Waals surface area contributed by atoms with Crippen molar-refractivity contribution in [2.24, 2.45) is 0 Å². The second-order valence-electron chi connectivity index (χ2n) is 9.14. The maximum absolute atomic E-state index is 12.6. The molecular weight excluding hydrogens is 444 g/mol. The molecule has 4 aromatic rings. The van der Waals surface area contributed by atoms with Gasteiger partial charge < -0.3 is 4.98 Å². The first-order chi connectivity index (χ1) is 16.3. The highest BCUT2D eigenvalue weighted by Crippen LogP contribution is 2.39. The van der Waals surface area contributed by atoms with E-state index in [0.717, 1.165) is 45.3 Å². The van der Waals surface area contributed by atoms with E-state index in [-0.39, 0.29) is 11.2 Å². The highest BCUT2D eigenvalue weighted by atomic mass is 32.2. The largest absolute Gasteiger partial charge is 0.340 e. The lowest BCUT2D eigenvalue weighted by Crippen LogP contribution is -2.17. The monoisotopic (exact) mass is 472 g/mol. The van der Waals surface area contributed by atoms with Gasteiger partial charge in [-0.25, -0.2) is 13.4 Å². The Morgan fingerprint density at radius 3 is 2.38 bits per heavy atom. The van der Waals surface area contributed by atoms with E-state index in [4.69, 9.17) is 9.97 Å². The minimum absolute atomic E-state index is 0.189. The third-order valence-electron chi connectivity index (χ3n) is 6.00. The van der Waals surface area contributed by atoms with Crippen molar-refractivity contribution < 1.29 is 8.42 Å². The molecule has 0 aliphatic heterocycles. The zero-order valence-electron chi connectivity index (χ0n) is 19.5. The topological polar surface area (TPSA) is 87.7 Å². The molecule has 0 spiro atoms. The van der Waals surface area contributed by atoms with Crippen LogP contribution in [0.5, 0.6) is 0 Å². The van der Waals surface area contributed by atoms with E-state index >= 15 is 0 Å². The Morgan fingerprint density at radius 2 is 1.71 bits per heavy atom. The average Bonchev–Trinajstić information content (AvgIpc) is 3.59. The Hall–Kier alpha value is -3.45. The molecule has 6 nitrogen and oxygen atoms in total. The van der Waals surface area contributed by atoms with Crippen molar-refractivity contribution in [3.05, 3.63) is 78.2 Å². The number of rotatable bonds is 7. The van der Waals surface area contributed by atoms with E-state index in [0.29, 0.717) is 18.5 Å². The van der Waals surface area contributed by atoms with Crippen molar-refractivity contribution in [1.29, 1.82) is 0 Å². The van der Waals surface area contributed by atoms with Gasteiger partial charge in [0.15, 0.2) is 0 Å². The molecule has 0 atom stereocenters. The summed E-state index contributed by atoms with van der Waals surface area (Å²) >= 11 is 0. The number of aromatic nitrogens is 3. The summed E-state index contributed by atoms with van der Waals surface area (Å²) < 4.78 is 28.1. The molecule has 5 rings (SSSR count). The minimum Gasteiger partial charge on any atom is -0.340 e. The summed E-state index contributed by atoms with van der Waals surface area (Å²) in [6, 6.07) is 21.7. The summed E-state index contributed by atoms with van der Waals surface area (Å²) in [6.07, 6.45) is 1.43. The summed E-state index contributed by atoms with van der Waals surface area (Å²) in [4.78, 5) is 13.2. The van der Waals surface area contributed by atoms with Gasteiger partial charge in [-0.05, 0) is 55.2 Å². The summed E-state index contributed by atoms with van der Waals surface area (Å²) in [7, 11) is -3.38. The summed E-state index contributed by atoms with van der Waals surface area (Å²) in [5, 5.41) is -0.297. The van der Waals surface area contributed by atoms with Crippen molar-refractivity contribution in [2.45, 2.75) is 44.8 Å². The predicted molar refractivity (Wildman–Crippen MR) is 137 cm³/mol. The van der Waals surface area contributed by atoms with Crippen molar-refractivity contribution in [3.63, 3.8) is 0 Å². The first kappa shape index (κ1) is 22.3. The van der Waals surface area contributed by atoms with Gasteiger partial charge in [0, 0.05) is 22.9 Å². The number of aromatic amines is 1. The number of nitrogens with one attached hydrogen (secondary N) is 2. The van der Waals surface area contributed by atoms with Gasteiger partial charge in [0.1, 0.15) is 5.82 Å². The molecule has 2 heterocycles. The van der Waals surface area contributed by atoms with Gasteiger partial charge in [-0.1, -0.05) is 56.3 Å². The molecule has 0 saturated heterocycles. The van der Waals surface area contributed by atoms with Crippen LogP contribution in [0.1, 0.15) is 44.1 Å². The standard InChI is InChI=1S/C27H28N4O2S/c1-17(2)27-29-25(26(30-27)24-11-7-8-18(3)28-24)23-16-20(31-34(32,33)21-13-14-21)12-15-22(23)19-9-5-4-6-10-19/h4-12,15-17,21,31H,13-14H2,1-3H3,(H,29,30). The van der Waals surface area contributed by atoms with Crippen molar-refractivity contribution in [1.82, 2.24) is 15.0 Å². The predicted octanol–water partition coefficient (Wildman–Crippen LogP) is 6.14. The van der Waals surface area contributed by atoms with Crippen LogP contribution in [0.4, 0.5) is 5.69 Å². The molecule has 2 aromatic carbocycles. The second kappa shape index (κ2) is 8.72. The molecule has 0 amide bonds. The molecule has 1 aliphatic rings. The molecule has 1 fully saturated rings. The third kappa shape index (κ3) is 4.48. The lowest BCUT2D eigenvalue weighted by Gasteiger charge is -2.14. The maximum Gasteiger partial charge on any atom is 0.235 e. The zero-order valence-corrected chi connectivity index (χ0v) is 20.4. The fourth-order valence-corrected chi connectivity index (χ4v) is 5.41. The molecular formula is C27H28N4O2S. The van der Waals surface area contributed by atoms with Gasteiger partial charge in [0.25, 0.3) is 0 Å². The Bertz CT molecular complexity index is 1440. The SMILES string of the molecule is Cc1cccc(-c2[nH]c(C(C)C)nc2-c2cc(NS(=O)(=O)C3CC3)ccc2-c2ccccc2)n1. The number of anilines is 1. The van der Waals surface area contributed by atoms with Gasteiger partial charge in [0.2, 0.25) is 10.0 Å². The van der Waals surface area contributed by atoms with Gasteiger partial charge >= 0.3 is 0 Å². The van der Waals surface area contributed by atoms with Crippen LogP contribution in [-0.2, 0) is 10.0 Å². The summed E-state index contributed by atoms with van der Waals surface area (Å²) in [6.45, 7) is 6.15. The molecule has 7 heteroatoms. The molecule has 1 aliphatic carbocycles. The fourth-order valence-electron chi connectivity index (χ4n) is 4.03. The van der Waals surface area contributed by atoms with Crippen LogP contribution in [0.15, 0.2) is 66.7 Å². The zero-order chi connectivity index (χ0) is 23.9. The quantitative estimate of drug-likeness (QED) is 0.338.